The van der Waals surface area contributed by atoms with Crippen LogP contribution in [0.5, 0.6) is 0 Å². The summed E-state index contributed by atoms with van der Waals surface area (Å²) in [6, 6.07) is 18.3. The van der Waals surface area contributed by atoms with E-state index in [2.05, 4.69) is 5.32 Å². The molecule has 0 fully saturated rings. The Morgan fingerprint density at radius 1 is 0.931 bits per heavy atom. The topological polar surface area (TPSA) is 81.7 Å². The second-order valence-corrected chi connectivity index (χ2v) is 9.57. The van der Waals surface area contributed by atoms with Crippen molar-refractivity contribution in [2.45, 2.75) is 51.4 Å². The summed E-state index contributed by atoms with van der Waals surface area (Å²) in [5, 5.41) is 2.81. The first-order valence-corrected chi connectivity index (χ1v) is 11.3. The molecule has 0 unspecified atom stereocenters. The summed E-state index contributed by atoms with van der Waals surface area (Å²) in [6.07, 6.45) is 0.320. The summed E-state index contributed by atoms with van der Waals surface area (Å²) in [5.41, 5.74) is 1.18. The van der Waals surface area contributed by atoms with Gasteiger partial charge in [-0.25, -0.2) is 4.79 Å². The Morgan fingerprint density at radius 3 is 1.86 bits per heavy atom. The van der Waals surface area contributed by atoms with Crippen molar-refractivity contribution in [2.24, 2.45) is 0 Å². The van der Waals surface area contributed by atoms with E-state index < -0.39 is 34.0 Å². The molecule has 0 saturated heterocycles. The number of hydrogen-bond acceptors (Lipinski definition) is 5. The van der Waals surface area contributed by atoms with Gasteiger partial charge in [0.05, 0.1) is 12.3 Å². The van der Waals surface area contributed by atoms with Crippen LogP contribution in [0.25, 0.3) is 0 Å². The van der Waals surface area contributed by atoms with Crippen LogP contribution in [0.1, 0.15) is 31.9 Å². The molecule has 2 aromatic carbocycles. The molecule has 2 aromatic rings. The van der Waals surface area contributed by atoms with E-state index in [1.807, 2.05) is 60.7 Å². The molecule has 29 heavy (non-hydrogen) atoms. The number of rotatable bonds is 8. The largest absolute Gasteiger partial charge is 0.444 e. The van der Waals surface area contributed by atoms with Crippen molar-refractivity contribution in [1.29, 1.82) is 0 Å². The van der Waals surface area contributed by atoms with Crippen LogP contribution in [0.4, 0.5) is 4.79 Å². The second kappa shape index (κ2) is 9.89. The summed E-state index contributed by atoms with van der Waals surface area (Å²) in [7, 11) is -3.74. The van der Waals surface area contributed by atoms with Gasteiger partial charge >= 0.3 is 6.09 Å². The highest BCUT2D eigenvalue weighted by Crippen LogP contribution is 2.17. The summed E-state index contributed by atoms with van der Waals surface area (Å²) in [5.74, 6) is 0. The molecule has 2 rings (SSSR count). The fourth-order valence-electron chi connectivity index (χ4n) is 2.92. The number of carbonyl (C=O) groups excluding carboxylic acids is 1. The van der Waals surface area contributed by atoms with Crippen LogP contribution < -0.4 is 5.32 Å². The van der Waals surface area contributed by atoms with Gasteiger partial charge in [0.1, 0.15) is 11.7 Å². The Morgan fingerprint density at radius 2 is 1.41 bits per heavy atom. The number of nitrogens with one attached hydrogen (secondary N) is 1. The molecular formula is C22H29NO5S. The van der Waals surface area contributed by atoms with Crippen molar-refractivity contribution in [1.82, 2.24) is 5.32 Å². The van der Waals surface area contributed by atoms with Crippen molar-refractivity contribution in [3.63, 3.8) is 0 Å². The van der Waals surface area contributed by atoms with Crippen LogP contribution >= 0.6 is 0 Å². The van der Waals surface area contributed by atoms with Gasteiger partial charge in [-0.05, 0) is 38.3 Å². The van der Waals surface area contributed by atoms with Gasteiger partial charge in [-0.2, -0.15) is 8.42 Å². The number of carbonyl (C=O) groups is 1. The maximum Gasteiger partial charge on any atom is 0.407 e. The molecule has 0 radical (unpaired) electrons. The van der Waals surface area contributed by atoms with Crippen LogP contribution in [0.2, 0.25) is 0 Å². The lowest BCUT2D eigenvalue weighted by molar-refractivity contribution is 0.0447. The van der Waals surface area contributed by atoms with Crippen molar-refractivity contribution >= 4 is 16.2 Å². The van der Waals surface area contributed by atoms with Gasteiger partial charge in [0, 0.05) is 6.42 Å². The molecule has 0 aliphatic heterocycles. The van der Waals surface area contributed by atoms with E-state index in [1.54, 1.807) is 20.8 Å². The molecule has 7 heteroatoms. The van der Waals surface area contributed by atoms with Gasteiger partial charge in [0.25, 0.3) is 10.1 Å². The molecule has 0 saturated carbocycles. The number of ether oxygens (including phenoxy) is 1. The molecule has 0 heterocycles. The molecule has 158 valence electrons. The lowest BCUT2D eigenvalue weighted by Crippen LogP contribution is -2.49. The van der Waals surface area contributed by atoms with Gasteiger partial charge < -0.3 is 10.1 Å². The SMILES string of the molecule is CC(C)(C)OC(=O)N[C@H](Cc1ccccc1)[C@H](Cc1ccccc1)OS(C)(=O)=O. The van der Waals surface area contributed by atoms with Crippen LogP contribution in [0, 0.1) is 0 Å². The van der Waals surface area contributed by atoms with E-state index in [4.69, 9.17) is 8.92 Å². The number of hydrogen-bond donors (Lipinski definition) is 1. The third kappa shape index (κ3) is 9.11. The number of amides is 1. The third-order valence-corrected chi connectivity index (χ3v) is 4.62. The molecule has 0 bridgehead atoms. The maximum absolute atomic E-state index is 12.4. The molecular weight excluding hydrogens is 390 g/mol. The fraction of sp³-hybridized carbons (Fsp3) is 0.409. The van der Waals surface area contributed by atoms with Crippen molar-refractivity contribution in [3.05, 3.63) is 71.8 Å². The zero-order chi connectivity index (χ0) is 21.5. The molecule has 1 N–H and O–H groups in total. The fourth-order valence-corrected chi connectivity index (χ4v) is 3.57. The summed E-state index contributed by atoms with van der Waals surface area (Å²) in [4.78, 5) is 12.4. The predicted molar refractivity (Wildman–Crippen MR) is 113 cm³/mol. The molecule has 0 aliphatic rings. The van der Waals surface area contributed by atoms with E-state index in [0.717, 1.165) is 17.4 Å². The molecule has 0 spiro atoms. The average Bonchev–Trinajstić information content (AvgIpc) is 2.60. The quantitative estimate of drug-likeness (QED) is 0.660. The van der Waals surface area contributed by atoms with Crippen LogP contribution in [0.15, 0.2) is 60.7 Å². The van der Waals surface area contributed by atoms with Crippen molar-refractivity contribution in [2.75, 3.05) is 6.26 Å². The van der Waals surface area contributed by atoms with Crippen molar-refractivity contribution < 1.29 is 22.1 Å². The monoisotopic (exact) mass is 419 g/mol. The summed E-state index contributed by atoms with van der Waals surface area (Å²) < 4.78 is 34.7. The predicted octanol–water partition coefficient (Wildman–Crippen LogP) is 3.71. The zero-order valence-corrected chi connectivity index (χ0v) is 18.1. The lowest BCUT2D eigenvalue weighted by Gasteiger charge is -2.29. The average molecular weight is 420 g/mol. The molecule has 2 atom stereocenters. The molecule has 6 nitrogen and oxygen atoms in total. The van der Waals surface area contributed by atoms with Gasteiger partial charge in [0.2, 0.25) is 0 Å². The minimum absolute atomic E-state index is 0.321. The van der Waals surface area contributed by atoms with Crippen molar-refractivity contribution in [3.8, 4) is 0 Å². The highest BCUT2D eigenvalue weighted by atomic mass is 32.2. The van der Waals surface area contributed by atoms with Gasteiger partial charge in [-0.15, -0.1) is 0 Å². The highest BCUT2D eigenvalue weighted by molar-refractivity contribution is 7.86. The Balaban J connectivity index is 2.31. The molecule has 0 aromatic heterocycles. The van der Waals surface area contributed by atoms with Crippen LogP contribution in [-0.4, -0.2) is 38.5 Å². The first-order valence-electron chi connectivity index (χ1n) is 9.47. The van der Waals surface area contributed by atoms with E-state index in [1.165, 1.54) is 0 Å². The van der Waals surface area contributed by atoms with E-state index >= 15 is 0 Å². The van der Waals surface area contributed by atoms with Crippen LogP contribution in [0.3, 0.4) is 0 Å². The Kier molecular flexibility index (Phi) is 7.81. The number of alkyl carbamates (subject to hydrolysis) is 1. The second-order valence-electron chi connectivity index (χ2n) is 7.97. The zero-order valence-electron chi connectivity index (χ0n) is 17.3. The third-order valence-electron chi connectivity index (χ3n) is 4.03. The van der Waals surface area contributed by atoms with E-state index in [-0.39, 0.29) is 0 Å². The standard InChI is InChI=1S/C22H29NO5S/c1-22(2,3)27-21(24)23-19(15-17-11-7-5-8-12-17)20(28-29(4,25)26)16-18-13-9-6-10-14-18/h5-14,19-20H,15-16H2,1-4H3,(H,23,24)/t19-,20+/m1/s1. The lowest BCUT2D eigenvalue weighted by atomic mass is 9.96. The number of benzene rings is 2. The van der Waals surface area contributed by atoms with E-state index in [9.17, 15) is 13.2 Å². The first-order chi connectivity index (χ1) is 13.5. The maximum atomic E-state index is 12.4. The molecule has 0 aliphatic carbocycles. The van der Waals surface area contributed by atoms with Gasteiger partial charge in [-0.1, -0.05) is 60.7 Å². The van der Waals surface area contributed by atoms with Crippen LogP contribution in [-0.2, 0) is 31.9 Å². The summed E-state index contributed by atoms with van der Waals surface area (Å²) in [6.45, 7) is 5.31. The highest BCUT2D eigenvalue weighted by Gasteiger charge is 2.30. The van der Waals surface area contributed by atoms with E-state index in [0.29, 0.717) is 12.8 Å². The first kappa shape index (κ1) is 22.9. The summed E-state index contributed by atoms with van der Waals surface area (Å²) >= 11 is 0. The minimum Gasteiger partial charge on any atom is -0.444 e. The van der Waals surface area contributed by atoms with Gasteiger partial charge in [-0.3, -0.25) is 4.18 Å². The normalized spacial score (nSPS) is 14.1. The molecule has 1 amide bonds. The Labute approximate surface area is 173 Å². The Bertz CT molecular complexity index is 876. The smallest absolute Gasteiger partial charge is 0.407 e. The Hall–Kier alpha value is -2.38. The van der Waals surface area contributed by atoms with Gasteiger partial charge in [0.15, 0.2) is 0 Å². The minimum atomic E-state index is -3.74.